The van der Waals surface area contributed by atoms with Crippen molar-refractivity contribution >= 4 is 55.8 Å². The molecule has 1 unspecified atom stereocenters. The fourth-order valence-corrected chi connectivity index (χ4v) is 5.82. The Bertz CT molecular complexity index is 1540. The number of pyridine rings is 1. The fourth-order valence-electron chi connectivity index (χ4n) is 4.26. The number of rotatable bonds is 9. The maximum atomic E-state index is 13.1. The number of nitrogens with one attached hydrogen (secondary N) is 1. The van der Waals surface area contributed by atoms with Crippen LogP contribution in [0, 0.1) is 0 Å². The number of anilines is 1. The van der Waals surface area contributed by atoms with E-state index in [4.69, 9.17) is 11.6 Å². The molecule has 0 saturated heterocycles. The summed E-state index contributed by atoms with van der Waals surface area (Å²) in [6.07, 6.45) is 3.76. The van der Waals surface area contributed by atoms with Crippen LogP contribution in [-0.2, 0) is 16.2 Å². The number of aromatic carboxylic acids is 1. The maximum absolute atomic E-state index is 13.1. The predicted molar refractivity (Wildman–Crippen MR) is 151 cm³/mol. The van der Waals surface area contributed by atoms with Gasteiger partial charge in [-0.3, -0.25) is 9.78 Å². The second kappa shape index (κ2) is 10.8. The van der Waals surface area contributed by atoms with E-state index in [2.05, 4.69) is 38.4 Å². The van der Waals surface area contributed by atoms with Crippen LogP contribution < -0.4 is 5.32 Å². The zero-order chi connectivity index (χ0) is 26.9. The fraction of sp³-hybridized carbons (Fsp3) is 0.138. The number of carboxylic acid groups (broad SMARTS) is 1. The number of hydrogen-bond donors (Lipinski definition) is 2. The zero-order valence-electron chi connectivity index (χ0n) is 20.0. The largest absolute Gasteiger partial charge is 0.478 e. The Balaban J connectivity index is 1.30. The molecule has 0 radical (unpaired) electrons. The Morgan fingerprint density at radius 1 is 1.00 bits per heavy atom. The van der Waals surface area contributed by atoms with E-state index in [1.54, 1.807) is 42.6 Å². The van der Waals surface area contributed by atoms with Gasteiger partial charge < -0.3 is 10.4 Å². The van der Waals surface area contributed by atoms with Crippen molar-refractivity contribution in [1.29, 1.82) is 0 Å². The number of nitrogens with zero attached hydrogens (tertiary/aromatic N) is 1. The topological polar surface area (TPSA) is 96.4 Å². The van der Waals surface area contributed by atoms with Crippen molar-refractivity contribution in [3.05, 3.63) is 117 Å². The van der Waals surface area contributed by atoms with Gasteiger partial charge in [0.25, 0.3) is 0 Å². The SMILES string of the molecule is O=C(c1ccc(S(=O)c2ccc(Br)cc2)c(C(=O)O)c1)c1ccc(NCC2(c3ccc(Cl)cc3)CC2)cn1. The third kappa shape index (κ3) is 5.57. The van der Waals surface area contributed by atoms with Crippen molar-refractivity contribution in [2.75, 3.05) is 11.9 Å². The summed E-state index contributed by atoms with van der Waals surface area (Å²) in [5.74, 6) is -1.68. The molecule has 1 heterocycles. The second-order valence-corrected chi connectivity index (χ2v) is 11.9. The van der Waals surface area contributed by atoms with E-state index >= 15 is 0 Å². The second-order valence-electron chi connectivity index (χ2n) is 9.14. The molecule has 2 N–H and O–H groups in total. The molecule has 0 spiro atoms. The lowest BCUT2D eigenvalue weighted by Crippen LogP contribution is -2.19. The molecule has 0 bridgehead atoms. The summed E-state index contributed by atoms with van der Waals surface area (Å²) in [6, 6.07) is 22.3. The van der Waals surface area contributed by atoms with Crippen LogP contribution in [0.3, 0.4) is 0 Å². The van der Waals surface area contributed by atoms with Crippen LogP contribution in [0.2, 0.25) is 5.02 Å². The van der Waals surface area contributed by atoms with E-state index in [0.717, 1.165) is 29.5 Å². The highest BCUT2D eigenvalue weighted by molar-refractivity contribution is 9.10. The van der Waals surface area contributed by atoms with Crippen LogP contribution in [-0.4, -0.2) is 32.6 Å². The van der Waals surface area contributed by atoms with E-state index in [9.17, 15) is 18.9 Å². The van der Waals surface area contributed by atoms with Gasteiger partial charge in [0.05, 0.1) is 33.1 Å². The highest BCUT2D eigenvalue weighted by atomic mass is 79.9. The molecule has 1 aliphatic carbocycles. The first-order chi connectivity index (χ1) is 18.3. The molecule has 192 valence electrons. The van der Waals surface area contributed by atoms with E-state index in [1.165, 1.54) is 23.8 Å². The molecule has 1 aromatic heterocycles. The van der Waals surface area contributed by atoms with Gasteiger partial charge in [-0.1, -0.05) is 39.7 Å². The number of benzene rings is 3. The van der Waals surface area contributed by atoms with Crippen LogP contribution in [0.5, 0.6) is 0 Å². The van der Waals surface area contributed by atoms with E-state index in [0.29, 0.717) is 9.92 Å². The first-order valence-electron chi connectivity index (χ1n) is 11.8. The number of carboxylic acids is 1. The van der Waals surface area contributed by atoms with Crippen LogP contribution in [0.15, 0.2) is 99.3 Å². The molecule has 9 heteroatoms. The minimum absolute atomic E-state index is 0.0738. The molecule has 1 atom stereocenters. The number of ketones is 1. The van der Waals surface area contributed by atoms with Gasteiger partial charge in [-0.25, -0.2) is 9.00 Å². The van der Waals surface area contributed by atoms with E-state index in [-0.39, 0.29) is 27.1 Å². The lowest BCUT2D eigenvalue weighted by molar-refractivity contribution is 0.0693. The Morgan fingerprint density at radius 2 is 1.71 bits per heavy atom. The van der Waals surface area contributed by atoms with Gasteiger partial charge in [0.1, 0.15) is 5.69 Å². The maximum Gasteiger partial charge on any atom is 0.336 e. The molecule has 0 aliphatic heterocycles. The minimum Gasteiger partial charge on any atom is -0.478 e. The monoisotopic (exact) mass is 608 g/mol. The van der Waals surface area contributed by atoms with Crippen molar-refractivity contribution in [3.8, 4) is 0 Å². The molecule has 1 fully saturated rings. The van der Waals surface area contributed by atoms with Gasteiger partial charge in [0, 0.05) is 31.9 Å². The van der Waals surface area contributed by atoms with Crippen molar-refractivity contribution in [1.82, 2.24) is 4.98 Å². The van der Waals surface area contributed by atoms with Gasteiger partial charge in [0.15, 0.2) is 0 Å². The molecular formula is C29H22BrClN2O4S. The van der Waals surface area contributed by atoms with Crippen LogP contribution >= 0.6 is 27.5 Å². The summed E-state index contributed by atoms with van der Waals surface area (Å²) < 4.78 is 13.9. The van der Waals surface area contributed by atoms with Gasteiger partial charge in [-0.05, 0) is 85.1 Å². The van der Waals surface area contributed by atoms with Crippen LogP contribution in [0.4, 0.5) is 5.69 Å². The third-order valence-electron chi connectivity index (χ3n) is 6.64. The highest BCUT2D eigenvalue weighted by Crippen LogP contribution is 2.48. The molecule has 6 nitrogen and oxygen atoms in total. The lowest BCUT2D eigenvalue weighted by Gasteiger charge is -2.17. The Hall–Kier alpha value is -3.33. The summed E-state index contributed by atoms with van der Waals surface area (Å²) in [7, 11) is -1.72. The van der Waals surface area contributed by atoms with Crippen LogP contribution in [0.25, 0.3) is 0 Å². The highest BCUT2D eigenvalue weighted by Gasteiger charge is 2.43. The van der Waals surface area contributed by atoms with Gasteiger partial charge >= 0.3 is 5.97 Å². The first kappa shape index (κ1) is 26.3. The van der Waals surface area contributed by atoms with Gasteiger partial charge in [0.2, 0.25) is 5.78 Å². The average Bonchev–Trinajstić information content (AvgIpc) is 3.73. The zero-order valence-corrected chi connectivity index (χ0v) is 23.1. The molecule has 38 heavy (non-hydrogen) atoms. The predicted octanol–water partition coefficient (Wildman–Crippen LogP) is 6.74. The molecule has 5 rings (SSSR count). The third-order valence-corrected chi connectivity index (χ3v) is 8.87. The molecule has 4 aromatic rings. The Kier molecular flexibility index (Phi) is 7.47. The standard InChI is InChI=1S/C29H22BrClN2O4S/c30-20-4-9-23(10-5-20)38(37)26-12-1-18(15-24(26)28(35)36)27(34)25-11-8-22(16-32-25)33-17-29(13-14-29)19-2-6-21(31)7-3-19/h1-12,15-16,33H,13-14,17H2,(H,35,36). The van der Waals surface area contributed by atoms with Gasteiger partial charge in [-0.2, -0.15) is 0 Å². The van der Waals surface area contributed by atoms with E-state index in [1.807, 2.05) is 12.1 Å². The van der Waals surface area contributed by atoms with E-state index < -0.39 is 22.6 Å². The minimum atomic E-state index is -1.72. The van der Waals surface area contributed by atoms with Crippen molar-refractivity contribution in [3.63, 3.8) is 0 Å². The van der Waals surface area contributed by atoms with Gasteiger partial charge in [-0.15, -0.1) is 0 Å². The number of halogens is 2. The average molecular weight is 610 g/mol. The molecule has 0 amide bonds. The van der Waals surface area contributed by atoms with Crippen molar-refractivity contribution in [2.24, 2.45) is 0 Å². The Morgan fingerprint density at radius 3 is 2.32 bits per heavy atom. The molecule has 1 aliphatic rings. The summed E-state index contributed by atoms with van der Waals surface area (Å²) in [4.78, 5) is 29.9. The smallest absolute Gasteiger partial charge is 0.336 e. The summed E-state index contributed by atoms with van der Waals surface area (Å²) in [6.45, 7) is 0.739. The summed E-state index contributed by atoms with van der Waals surface area (Å²) in [5.41, 5.74) is 2.26. The summed E-state index contributed by atoms with van der Waals surface area (Å²) >= 11 is 9.35. The molecule has 3 aromatic carbocycles. The Labute approximate surface area is 235 Å². The quantitative estimate of drug-likeness (QED) is 0.204. The van der Waals surface area contributed by atoms with Crippen LogP contribution in [0.1, 0.15) is 44.8 Å². The first-order valence-corrected chi connectivity index (χ1v) is 14.1. The van der Waals surface area contributed by atoms with Crippen molar-refractivity contribution < 1.29 is 18.9 Å². The number of carbonyl (C=O) groups excluding carboxylic acids is 1. The molecular weight excluding hydrogens is 588 g/mol. The number of carbonyl (C=O) groups is 2. The number of aromatic nitrogens is 1. The summed E-state index contributed by atoms with van der Waals surface area (Å²) in [5, 5.41) is 13.9. The lowest BCUT2D eigenvalue weighted by atomic mass is 9.96. The normalized spacial score (nSPS) is 14.5. The number of hydrogen-bond acceptors (Lipinski definition) is 5. The molecule has 1 saturated carbocycles. The van der Waals surface area contributed by atoms with Crippen molar-refractivity contribution in [2.45, 2.75) is 28.0 Å².